The summed E-state index contributed by atoms with van der Waals surface area (Å²) < 4.78 is 0. The zero-order valence-electron chi connectivity index (χ0n) is 14.9. The highest BCUT2D eigenvalue weighted by Crippen LogP contribution is 2.35. The van der Waals surface area contributed by atoms with E-state index in [1.807, 2.05) is 12.1 Å². The largest absolute Gasteiger partial charge is 0.205 e. The average Bonchev–Trinajstić information content (AvgIpc) is 2.62. The second-order valence-corrected chi connectivity index (χ2v) is 11.0. The maximum atomic E-state index is 5.10. The van der Waals surface area contributed by atoms with Crippen LogP contribution >= 0.6 is 0 Å². The molecule has 120 valence electrons. The first-order valence-corrected chi connectivity index (χ1v) is 10.1. The van der Waals surface area contributed by atoms with Crippen molar-refractivity contribution in [2.75, 3.05) is 0 Å². The van der Waals surface area contributed by atoms with Gasteiger partial charge in [-0.25, -0.2) is 0 Å². The van der Waals surface area contributed by atoms with Crippen LogP contribution in [0.4, 0.5) is 0 Å². The molecule has 2 aromatic rings. The molecule has 0 heterocycles. The number of terminal acetylenes is 1. The Morgan fingerprint density at radius 1 is 0.680 bits per heavy atom. The quantitative estimate of drug-likeness (QED) is 0.583. The molecule has 0 spiro atoms. The van der Waals surface area contributed by atoms with Crippen molar-refractivity contribution in [1.82, 2.24) is 0 Å². The summed E-state index contributed by atoms with van der Waals surface area (Å²) in [6.07, 6.45) is 5.10. The van der Waals surface area contributed by atoms with Crippen LogP contribution in [0.15, 0.2) is 60.7 Å². The summed E-state index contributed by atoms with van der Waals surface area (Å²) in [4.78, 5) is 0. The molecule has 1 heteroatoms. The lowest BCUT2D eigenvalue weighted by Crippen LogP contribution is -2.63. The topological polar surface area (TPSA) is 0 Å². The Morgan fingerprint density at radius 2 is 1.12 bits per heavy atom. The monoisotopic (exact) mass is 336 g/mol. The number of rotatable bonds is 2. The average molecular weight is 337 g/mol. The lowest BCUT2D eigenvalue weighted by atomic mass is 10.2. The summed E-state index contributed by atoms with van der Waals surface area (Å²) in [6.45, 7) is 6.79. The van der Waals surface area contributed by atoms with Crippen molar-refractivity contribution in [3.63, 3.8) is 0 Å². The van der Waals surface area contributed by atoms with Crippen LogP contribution in [0.3, 0.4) is 0 Å². The van der Waals surface area contributed by atoms with Gasteiger partial charge >= 0.3 is 0 Å². The third-order valence-electron chi connectivity index (χ3n) is 4.11. The fourth-order valence-corrected chi connectivity index (χ4v) is 7.36. The Kier molecular flexibility index (Phi) is 5.93. The first kappa shape index (κ1) is 18.2. The van der Waals surface area contributed by atoms with E-state index in [0.29, 0.717) is 0 Å². The Labute approximate surface area is 152 Å². The highest BCUT2D eigenvalue weighted by atomic mass is 28.3. The fourth-order valence-electron chi connectivity index (χ4n) is 3.00. The molecule has 0 atom stereocenters. The second-order valence-electron chi connectivity index (χ2n) is 6.63. The molecule has 0 aliphatic heterocycles. The lowest BCUT2D eigenvalue weighted by Gasteiger charge is -2.39. The van der Waals surface area contributed by atoms with Crippen molar-refractivity contribution < 1.29 is 0 Å². The minimum Gasteiger partial charge on any atom is -0.106 e. The number of benzene rings is 2. The zero-order valence-corrected chi connectivity index (χ0v) is 15.9. The van der Waals surface area contributed by atoms with E-state index >= 15 is 0 Å². The molecule has 2 rings (SSSR count). The van der Waals surface area contributed by atoms with Crippen LogP contribution < -0.4 is 10.4 Å². The molecular formula is C24H20Si. The van der Waals surface area contributed by atoms with Gasteiger partial charge in [-0.05, 0) is 50.9 Å². The zero-order chi connectivity index (χ0) is 18.2. The molecule has 2 aromatic carbocycles. The fraction of sp³-hybridized carbons (Fsp3) is 0.167. The highest BCUT2D eigenvalue weighted by molar-refractivity contribution is 7.10. The number of hydrogen-bond donors (Lipinski definition) is 0. The van der Waals surface area contributed by atoms with Gasteiger partial charge in [0.15, 0.2) is 0 Å². The minimum absolute atomic E-state index is 0.00508. The molecule has 0 nitrogen and oxygen atoms in total. The van der Waals surface area contributed by atoms with Gasteiger partial charge in [-0.15, -0.1) is 12.0 Å². The molecule has 0 amide bonds. The van der Waals surface area contributed by atoms with E-state index in [1.165, 1.54) is 10.4 Å². The summed E-state index contributed by atoms with van der Waals surface area (Å²) in [5, 5.41) is 2.57. The van der Waals surface area contributed by atoms with Gasteiger partial charge in [0.25, 0.3) is 0 Å². The Morgan fingerprint density at radius 3 is 1.56 bits per heavy atom. The normalized spacial score (nSPS) is 10.0. The van der Waals surface area contributed by atoms with Gasteiger partial charge in [0, 0.05) is 0 Å². The molecule has 0 aromatic heterocycles. The van der Waals surface area contributed by atoms with Crippen molar-refractivity contribution in [3.05, 3.63) is 60.7 Å². The van der Waals surface area contributed by atoms with Crippen LogP contribution in [0.25, 0.3) is 0 Å². The molecule has 0 radical (unpaired) electrons. The van der Waals surface area contributed by atoms with Crippen LogP contribution in [0.2, 0.25) is 5.04 Å². The van der Waals surface area contributed by atoms with Gasteiger partial charge < -0.3 is 0 Å². The minimum atomic E-state index is -2.37. The molecule has 0 saturated heterocycles. The van der Waals surface area contributed by atoms with Gasteiger partial charge in [0.2, 0.25) is 8.07 Å². The summed E-state index contributed by atoms with van der Waals surface area (Å²) >= 11 is 0. The summed E-state index contributed by atoms with van der Waals surface area (Å²) in [5.41, 5.74) is 3.58. The standard InChI is InChI=1S/C24H20Si/c1-5-6-7-8-9-16-21-25(24(2,3)4,22-17-12-10-13-18-22)23-19-14-11-15-20-23/h1,10-15,17-20H,2-4H3. The molecule has 0 aliphatic carbocycles. The molecule has 0 unspecified atom stereocenters. The van der Waals surface area contributed by atoms with Crippen molar-refractivity contribution >= 4 is 18.4 Å². The van der Waals surface area contributed by atoms with Crippen LogP contribution in [0.1, 0.15) is 20.8 Å². The first-order chi connectivity index (χ1) is 12.0. The summed E-state index contributed by atoms with van der Waals surface area (Å²) in [6, 6.07) is 21.1. The third-order valence-corrected chi connectivity index (χ3v) is 9.26. The Balaban J connectivity index is 2.72. The van der Waals surface area contributed by atoms with E-state index in [0.717, 1.165) is 0 Å². The van der Waals surface area contributed by atoms with Crippen molar-refractivity contribution in [2.45, 2.75) is 25.8 Å². The summed E-state index contributed by atoms with van der Waals surface area (Å²) in [5.74, 6) is 16.0. The van der Waals surface area contributed by atoms with E-state index in [2.05, 4.69) is 110 Å². The number of hydrogen-bond acceptors (Lipinski definition) is 0. The maximum absolute atomic E-state index is 5.10. The van der Waals surface area contributed by atoms with Gasteiger partial charge in [0.05, 0.1) is 0 Å². The van der Waals surface area contributed by atoms with Gasteiger partial charge in [-0.3, -0.25) is 0 Å². The van der Waals surface area contributed by atoms with Crippen LogP contribution in [0, 0.1) is 47.5 Å². The van der Waals surface area contributed by atoms with E-state index in [-0.39, 0.29) is 5.04 Å². The molecular weight excluding hydrogens is 316 g/mol. The van der Waals surface area contributed by atoms with Crippen molar-refractivity contribution in [1.29, 1.82) is 0 Å². The lowest BCUT2D eigenvalue weighted by molar-refractivity contribution is 0.740. The second kappa shape index (κ2) is 8.13. The molecule has 0 bridgehead atoms. The van der Waals surface area contributed by atoms with E-state index < -0.39 is 8.07 Å². The van der Waals surface area contributed by atoms with E-state index in [1.54, 1.807) is 0 Å². The molecule has 0 N–H and O–H groups in total. The summed E-state index contributed by atoms with van der Waals surface area (Å²) in [7, 11) is -2.37. The SMILES string of the molecule is C#CC#CC#CC#C[Si](c1ccccc1)(c1ccccc1)C(C)(C)C. The van der Waals surface area contributed by atoms with Crippen LogP contribution in [-0.2, 0) is 0 Å². The maximum Gasteiger partial charge on any atom is 0.205 e. The highest BCUT2D eigenvalue weighted by Gasteiger charge is 2.46. The molecule has 25 heavy (non-hydrogen) atoms. The predicted octanol–water partition coefficient (Wildman–Crippen LogP) is 3.23. The smallest absolute Gasteiger partial charge is 0.106 e. The Bertz CT molecular complexity index is 896. The van der Waals surface area contributed by atoms with Crippen LogP contribution in [0.5, 0.6) is 0 Å². The van der Waals surface area contributed by atoms with Gasteiger partial charge in [0.1, 0.15) is 0 Å². The molecule has 0 aliphatic rings. The Hall–Kier alpha value is -3.10. The van der Waals surface area contributed by atoms with Crippen molar-refractivity contribution in [2.24, 2.45) is 0 Å². The molecule has 0 saturated carbocycles. The van der Waals surface area contributed by atoms with Gasteiger partial charge in [-0.1, -0.05) is 81.4 Å². The first-order valence-electron chi connectivity index (χ1n) is 8.11. The van der Waals surface area contributed by atoms with Crippen LogP contribution in [-0.4, -0.2) is 8.07 Å². The predicted molar refractivity (Wildman–Crippen MR) is 110 cm³/mol. The van der Waals surface area contributed by atoms with Gasteiger partial charge in [-0.2, -0.15) is 0 Å². The van der Waals surface area contributed by atoms with E-state index in [4.69, 9.17) is 6.42 Å². The molecule has 0 fully saturated rings. The van der Waals surface area contributed by atoms with Crippen molar-refractivity contribution in [3.8, 4) is 47.5 Å². The third kappa shape index (κ3) is 4.06. The van der Waals surface area contributed by atoms with E-state index in [9.17, 15) is 0 Å².